The highest BCUT2D eigenvalue weighted by molar-refractivity contribution is 5.54. The first-order chi connectivity index (χ1) is 9.63. The van der Waals surface area contributed by atoms with Gasteiger partial charge in [-0.25, -0.2) is 4.39 Å². The summed E-state index contributed by atoms with van der Waals surface area (Å²) in [7, 11) is 0. The maximum absolute atomic E-state index is 13.5. The molecule has 0 spiro atoms. The summed E-state index contributed by atoms with van der Waals surface area (Å²) < 4.78 is 19.2. The molecule has 2 N–H and O–H groups in total. The summed E-state index contributed by atoms with van der Waals surface area (Å²) in [5, 5.41) is 0. The van der Waals surface area contributed by atoms with Gasteiger partial charge in [0.2, 0.25) is 0 Å². The fourth-order valence-corrected chi connectivity index (χ4v) is 2.64. The molecule has 4 heteroatoms. The normalized spacial score (nSPS) is 21.0. The molecule has 20 heavy (non-hydrogen) atoms. The van der Waals surface area contributed by atoms with Crippen LogP contribution in [0.25, 0.3) is 0 Å². The molecule has 1 aliphatic heterocycles. The van der Waals surface area contributed by atoms with E-state index in [1.54, 1.807) is 6.07 Å². The second-order valence-corrected chi connectivity index (χ2v) is 5.49. The maximum Gasteiger partial charge on any atom is 0.123 e. The molecule has 0 bridgehead atoms. The number of halogens is 1. The molecule has 0 aliphatic carbocycles. The van der Waals surface area contributed by atoms with Crippen LogP contribution >= 0.6 is 0 Å². The first-order valence-electron chi connectivity index (χ1n) is 7.54. The third-order valence-electron chi connectivity index (χ3n) is 3.98. The molecule has 2 unspecified atom stereocenters. The zero-order chi connectivity index (χ0) is 14.5. The second kappa shape index (κ2) is 7.04. The Morgan fingerprint density at radius 3 is 2.95 bits per heavy atom. The smallest absolute Gasteiger partial charge is 0.123 e. The third kappa shape index (κ3) is 3.70. The quantitative estimate of drug-likeness (QED) is 0.901. The van der Waals surface area contributed by atoms with Crippen LogP contribution in [-0.2, 0) is 11.2 Å². The van der Waals surface area contributed by atoms with E-state index in [4.69, 9.17) is 10.5 Å². The number of nitrogens with two attached hydrogens (primary N) is 1. The van der Waals surface area contributed by atoms with Gasteiger partial charge in [-0.3, -0.25) is 0 Å². The predicted molar refractivity (Wildman–Crippen MR) is 80.6 cm³/mol. The molecule has 0 aromatic heterocycles. The topological polar surface area (TPSA) is 38.5 Å². The van der Waals surface area contributed by atoms with Gasteiger partial charge in [-0.2, -0.15) is 0 Å². The summed E-state index contributed by atoms with van der Waals surface area (Å²) >= 11 is 0. The van der Waals surface area contributed by atoms with Gasteiger partial charge in [0.05, 0.1) is 12.7 Å². The number of anilines is 1. The molecule has 2 atom stereocenters. The lowest BCUT2D eigenvalue weighted by Crippen LogP contribution is -2.42. The average Bonchev–Trinajstić information content (AvgIpc) is 2.47. The van der Waals surface area contributed by atoms with E-state index in [-0.39, 0.29) is 18.0 Å². The Kier molecular flexibility index (Phi) is 5.38. The van der Waals surface area contributed by atoms with E-state index < -0.39 is 0 Å². The Balaban J connectivity index is 2.21. The molecule has 3 nitrogen and oxygen atoms in total. The molecule has 1 fully saturated rings. The Hall–Kier alpha value is -1.13. The molecule has 1 heterocycles. The van der Waals surface area contributed by atoms with Crippen LogP contribution in [0.15, 0.2) is 18.2 Å². The van der Waals surface area contributed by atoms with Crippen LogP contribution in [0, 0.1) is 5.82 Å². The summed E-state index contributed by atoms with van der Waals surface area (Å²) in [4.78, 5) is 2.30. The highest BCUT2D eigenvalue weighted by Gasteiger charge is 2.21. The van der Waals surface area contributed by atoms with E-state index in [1.807, 2.05) is 6.07 Å². The Bertz CT molecular complexity index is 438. The summed E-state index contributed by atoms with van der Waals surface area (Å²) in [6.07, 6.45) is 2.89. The average molecular weight is 280 g/mol. The SMILES string of the molecule is CCC(N)Cc1cc(F)ccc1N1CCOC(CC)C1. The van der Waals surface area contributed by atoms with Crippen LogP contribution in [0.5, 0.6) is 0 Å². The van der Waals surface area contributed by atoms with Gasteiger partial charge in [0.25, 0.3) is 0 Å². The first kappa shape index (κ1) is 15.3. The van der Waals surface area contributed by atoms with E-state index >= 15 is 0 Å². The molecule has 112 valence electrons. The highest BCUT2D eigenvalue weighted by atomic mass is 19.1. The molecular weight excluding hydrogens is 255 g/mol. The van der Waals surface area contributed by atoms with Gasteiger partial charge in [0.1, 0.15) is 5.82 Å². The fraction of sp³-hybridized carbons (Fsp3) is 0.625. The van der Waals surface area contributed by atoms with Gasteiger partial charge in [-0.05, 0) is 43.0 Å². The van der Waals surface area contributed by atoms with Crippen molar-refractivity contribution in [2.24, 2.45) is 5.73 Å². The van der Waals surface area contributed by atoms with Crippen molar-refractivity contribution in [3.63, 3.8) is 0 Å². The Morgan fingerprint density at radius 1 is 1.45 bits per heavy atom. The summed E-state index contributed by atoms with van der Waals surface area (Å²) in [5.41, 5.74) is 8.16. The van der Waals surface area contributed by atoms with Crippen molar-refractivity contribution in [3.8, 4) is 0 Å². The van der Waals surface area contributed by atoms with Crippen molar-refractivity contribution in [3.05, 3.63) is 29.6 Å². The van der Waals surface area contributed by atoms with E-state index in [9.17, 15) is 4.39 Å². The van der Waals surface area contributed by atoms with Crippen molar-refractivity contribution in [2.45, 2.75) is 45.3 Å². The van der Waals surface area contributed by atoms with Crippen molar-refractivity contribution in [2.75, 3.05) is 24.6 Å². The summed E-state index contributed by atoms with van der Waals surface area (Å²) in [6.45, 7) is 6.65. The van der Waals surface area contributed by atoms with Crippen molar-refractivity contribution < 1.29 is 9.13 Å². The molecule has 0 saturated carbocycles. The highest BCUT2D eigenvalue weighted by Crippen LogP contribution is 2.25. The van der Waals surface area contributed by atoms with Gasteiger partial charge in [0.15, 0.2) is 0 Å². The Morgan fingerprint density at radius 2 is 2.25 bits per heavy atom. The van der Waals surface area contributed by atoms with Gasteiger partial charge >= 0.3 is 0 Å². The second-order valence-electron chi connectivity index (χ2n) is 5.49. The molecule has 1 saturated heterocycles. The molecule has 1 aromatic rings. The lowest BCUT2D eigenvalue weighted by Gasteiger charge is -2.35. The minimum absolute atomic E-state index is 0.0820. The van der Waals surface area contributed by atoms with E-state index in [2.05, 4.69) is 18.7 Å². The standard InChI is InChI=1S/C16H25FN2O/c1-3-14(18)10-12-9-13(17)5-6-16(12)19-7-8-20-15(4-2)11-19/h5-6,9,14-15H,3-4,7-8,10-11,18H2,1-2H3. The molecule has 0 amide bonds. The molecule has 0 radical (unpaired) electrons. The minimum Gasteiger partial charge on any atom is -0.375 e. The molecular formula is C16H25FN2O. The van der Waals surface area contributed by atoms with Gasteiger partial charge in [0, 0.05) is 24.8 Å². The van der Waals surface area contributed by atoms with E-state index in [0.717, 1.165) is 50.2 Å². The number of ether oxygens (including phenoxy) is 1. The Labute approximate surface area is 120 Å². The van der Waals surface area contributed by atoms with E-state index in [0.29, 0.717) is 0 Å². The van der Waals surface area contributed by atoms with Gasteiger partial charge in [-0.15, -0.1) is 0 Å². The van der Waals surface area contributed by atoms with Crippen LogP contribution in [0.2, 0.25) is 0 Å². The largest absolute Gasteiger partial charge is 0.375 e. The van der Waals surface area contributed by atoms with E-state index in [1.165, 1.54) is 6.07 Å². The summed E-state index contributed by atoms with van der Waals surface area (Å²) in [6, 6.07) is 5.12. The number of benzene rings is 1. The predicted octanol–water partition coefficient (Wildman–Crippen LogP) is 2.72. The van der Waals surface area contributed by atoms with Crippen LogP contribution < -0.4 is 10.6 Å². The number of hydrogen-bond acceptors (Lipinski definition) is 3. The monoisotopic (exact) mass is 280 g/mol. The lowest BCUT2D eigenvalue weighted by atomic mass is 10.0. The summed E-state index contributed by atoms with van der Waals surface area (Å²) in [5.74, 6) is -0.188. The number of rotatable bonds is 5. The van der Waals surface area contributed by atoms with Gasteiger partial charge < -0.3 is 15.4 Å². The lowest BCUT2D eigenvalue weighted by molar-refractivity contribution is 0.0384. The van der Waals surface area contributed by atoms with Crippen LogP contribution in [0.3, 0.4) is 0 Å². The van der Waals surface area contributed by atoms with Crippen LogP contribution in [-0.4, -0.2) is 31.8 Å². The van der Waals surface area contributed by atoms with Crippen LogP contribution in [0.1, 0.15) is 32.3 Å². The number of nitrogens with zero attached hydrogens (tertiary/aromatic N) is 1. The number of hydrogen-bond donors (Lipinski definition) is 1. The molecule has 2 rings (SSSR count). The zero-order valence-electron chi connectivity index (χ0n) is 12.4. The minimum atomic E-state index is -0.188. The molecule has 1 aromatic carbocycles. The molecule has 1 aliphatic rings. The third-order valence-corrected chi connectivity index (χ3v) is 3.98. The van der Waals surface area contributed by atoms with Gasteiger partial charge in [-0.1, -0.05) is 13.8 Å². The number of morpholine rings is 1. The fourth-order valence-electron chi connectivity index (χ4n) is 2.64. The van der Waals surface area contributed by atoms with Crippen LogP contribution in [0.4, 0.5) is 10.1 Å². The first-order valence-corrected chi connectivity index (χ1v) is 7.54. The van der Waals surface area contributed by atoms with Crippen molar-refractivity contribution in [1.29, 1.82) is 0 Å². The van der Waals surface area contributed by atoms with Crippen molar-refractivity contribution >= 4 is 5.69 Å². The van der Waals surface area contributed by atoms with Crippen molar-refractivity contribution in [1.82, 2.24) is 0 Å². The zero-order valence-corrected chi connectivity index (χ0v) is 12.4. The maximum atomic E-state index is 13.5.